The third kappa shape index (κ3) is 6.07. The predicted octanol–water partition coefficient (Wildman–Crippen LogP) is 9.16. The van der Waals surface area contributed by atoms with Crippen molar-refractivity contribution in [3.05, 3.63) is 101 Å². The molecule has 44 heavy (non-hydrogen) atoms. The molecule has 2 aromatic rings. The molecule has 5 atom stereocenters. The van der Waals surface area contributed by atoms with Gasteiger partial charge in [-0.1, -0.05) is 81.0 Å². The average molecular weight is 594 g/mol. The van der Waals surface area contributed by atoms with E-state index in [1.54, 1.807) is 6.07 Å². The molecule has 4 heteroatoms. The number of allylic oxidation sites excluding steroid dienone is 6. The van der Waals surface area contributed by atoms with Crippen molar-refractivity contribution in [2.75, 3.05) is 43.6 Å². The molecule has 7 rings (SSSR count). The van der Waals surface area contributed by atoms with Gasteiger partial charge in [-0.2, -0.15) is 0 Å². The van der Waals surface area contributed by atoms with Gasteiger partial charge in [0.2, 0.25) is 0 Å². The standard InChI is InChI=1S/C23H35N3.C17H17F/c1-5-18-9-19(16(2)3)11-22(25(4)12-17-7-6-8-17)23(18)24-15-26-13-20-10-21(20)14-26;1-11-8-9-13(15(18)10-11)17(3)14-7-5-4-6-12(2)16(14)17/h9,11,17,20-21,24H,2,5-8,10,12-15H2,1,3-4H3;4-10,14,16H,2H2,1,3H3. The number of nitrogens with zero attached hydrogens (tertiary/aromatic N) is 2. The highest BCUT2D eigenvalue weighted by molar-refractivity contribution is 5.79. The second-order valence-electron chi connectivity index (χ2n) is 14.6. The second kappa shape index (κ2) is 12.4. The Balaban J connectivity index is 0.000000167. The maximum Gasteiger partial charge on any atom is 0.127 e. The third-order valence-electron chi connectivity index (χ3n) is 11.2. The fourth-order valence-electron chi connectivity index (χ4n) is 8.04. The number of anilines is 2. The lowest BCUT2D eigenvalue weighted by Gasteiger charge is -2.33. The highest BCUT2D eigenvalue weighted by Gasteiger charge is 2.62. The van der Waals surface area contributed by atoms with E-state index in [0.29, 0.717) is 11.8 Å². The molecule has 0 amide bonds. The molecule has 0 radical (unpaired) electrons. The third-order valence-corrected chi connectivity index (χ3v) is 11.2. The summed E-state index contributed by atoms with van der Waals surface area (Å²) in [7, 11) is 2.27. The number of fused-ring (bicyclic) bond motifs is 2. The Kier molecular flexibility index (Phi) is 8.67. The van der Waals surface area contributed by atoms with Crippen molar-refractivity contribution >= 4 is 16.9 Å². The smallest absolute Gasteiger partial charge is 0.127 e. The molecular weight excluding hydrogens is 541 g/mol. The van der Waals surface area contributed by atoms with Crippen LogP contribution in [0.15, 0.2) is 73.4 Å². The van der Waals surface area contributed by atoms with E-state index in [0.717, 1.165) is 53.1 Å². The molecule has 4 aliphatic carbocycles. The number of rotatable bonds is 9. The Bertz CT molecular complexity index is 1470. The van der Waals surface area contributed by atoms with Crippen LogP contribution >= 0.6 is 0 Å². The number of halogens is 1. The Morgan fingerprint density at radius 2 is 1.89 bits per heavy atom. The first-order chi connectivity index (χ1) is 21.1. The minimum absolute atomic E-state index is 0.0873. The van der Waals surface area contributed by atoms with E-state index in [1.807, 2.05) is 37.3 Å². The first kappa shape index (κ1) is 30.9. The van der Waals surface area contributed by atoms with Gasteiger partial charge in [-0.3, -0.25) is 4.90 Å². The lowest BCUT2D eigenvalue weighted by molar-refractivity contribution is 0.321. The molecule has 5 unspecified atom stereocenters. The SMILES string of the molecule is C=C(C)c1cc(CC)c(NCN2CC3CC3C2)c(N(C)CC2CCC2)c1.C=C1C=CC=CC2C1C2(C)c1ccc(C)cc1F. The van der Waals surface area contributed by atoms with Crippen LogP contribution in [0.3, 0.4) is 0 Å². The fourth-order valence-corrected chi connectivity index (χ4v) is 8.04. The normalized spacial score (nSPS) is 28.3. The van der Waals surface area contributed by atoms with Crippen LogP contribution in [0.25, 0.3) is 5.57 Å². The highest BCUT2D eigenvalue weighted by atomic mass is 19.1. The monoisotopic (exact) mass is 593 g/mol. The molecule has 5 aliphatic rings. The summed E-state index contributed by atoms with van der Waals surface area (Å²) in [5, 5.41) is 3.83. The van der Waals surface area contributed by atoms with Crippen LogP contribution in [0, 0.1) is 42.3 Å². The zero-order chi connectivity index (χ0) is 31.2. The lowest BCUT2D eigenvalue weighted by Crippen LogP contribution is -2.32. The number of aryl methyl sites for hydroxylation is 2. The van der Waals surface area contributed by atoms with Gasteiger partial charge in [-0.25, -0.2) is 4.39 Å². The van der Waals surface area contributed by atoms with Crippen LogP contribution < -0.4 is 10.2 Å². The first-order valence-electron chi connectivity index (χ1n) is 16.9. The quantitative estimate of drug-likeness (QED) is 0.313. The number of hydrogen-bond acceptors (Lipinski definition) is 3. The van der Waals surface area contributed by atoms with E-state index in [1.165, 1.54) is 67.8 Å². The second-order valence-corrected chi connectivity index (χ2v) is 14.6. The van der Waals surface area contributed by atoms with Crippen molar-refractivity contribution in [3.8, 4) is 0 Å². The Morgan fingerprint density at radius 1 is 1.14 bits per heavy atom. The summed E-state index contributed by atoms with van der Waals surface area (Å²) in [6.07, 6.45) is 15.0. The van der Waals surface area contributed by atoms with E-state index >= 15 is 0 Å². The van der Waals surface area contributed by atoms with Crippen LogP contribution in [0.4, 0.5) is 15.8 Å². The molecule has 1 aliphatic heterocycles. The Hall–Kier alpha value is -3.11. The molecule has 3 nitrogen and oxygen atoms in total. The summed E-state index contributed by atoms with van der Waals surface area (Å²) in [5.41, 5.74) is 9.33. The van der Waals surface area contributed by atoms with Crippen molar-refractivity contribution in [1.29, 1.82) is 0 Å². The van der Waals surface area contributed by atoms with E-state index in [-0.39, 0.29) is 11.2 Å². The highest BCUT2D eigenvalue weighted by Crippen LogP contribution is 2.64. The van der Waals surface area contributed by atoms with E-state index in [9.17, 15) is 4.39 Å². The topological polar surface area (TPSA) is 18.5 Å². The van der Waals surface area contributed by atoms with Crippen LogP contribution in [-0.2, 0) is 11.8 Å². The number of benzene rings is 2. The van der Waals surface area contributed by atoms with Gasteiger partial charge < -0.3 is 10.2 Å². The maximum absolute atomic E-state index is 14.2. The van der Waals surface area contributed by atoms with Gasteiger partial charge in [0, 0.05) is 38.0 Å². The Labute approximate surface area is 265 Å². The summed E-state index contributed by atoms with van der Waals surface area (Å²) in [6, 6.07) is 10.2. The van der Waals surface area contributed by atoms with Crippen molar-refractivity contribution in [2.24, 2.45) is 29.6 Å². The number of hydrogen-bond donors (Lipinski definition) is 1. The molecule has 3 saturated carbocycles. The van der Waals surface area contributed by atoms with E-state index in [4.69, 9.17) is 0 Å². The minimum atomic E-state index is -0.129. The van der Waals surface area contributed by atoms with E-state index < -0.39 is 0 Å². The average Bonchev–Trinajstić information content (AvgIpc) is 3.83. The predicted molar refractivity (Wildman–Crippen MR) is 186 cm³/mol. The number of piperidine rings is 1. The molecule has 1 saturated heterocycles. The summed E-state index contributed by atoms with van der Waals surface area (Å²) in [6.45, 7) is 21.5. The molecule has 0 bridgehead atoms. The zero-order valence-electron chi connectivity index (χ0n) is 27.6. The largest absolute Gasteiger partial charge is 0.373 e. The van der Waals surface area contributed by atoms with Crippen molar-refractivity contribution in [3.63, 3.8) is 0 Å². The number of nitrogens with one attached hydrogen (secondary N) is 1. The van der Waals surface area contributed by atoms with Gasteiger partial charge in [-0.05, 0) is 104 Å². The van der Waals surface area contributed by atoms with Gasteiger partial charge in [-0.15, -0.1) is 0 Å². The van der Waals surface area contributed by atoms with E-state index in [2.05, 4.69) is 74.3 Å². The van der Waals surface area contributed by atoms with Crippen molar-refractivity contribution < 1.29 is 4.39 Å². The molecular formula is C40H52FN3. The molecule has 0 aromatic heterocycles. The molecule has 1 heterocycles. The van der Waals surface area contributed by atoms with Gasteiger partial charge in [0.15, 0.2) is 0 Å². The minimum Gasteiger partial charge on any atom is -0.373 e. The lowest BCUT2D eigenvalue weighted by atomic mass is 9.85. The summed E-state index contributed by atoms with van der Waals surface area (Å²) < 4.78 is 14.2. The first-order valence-corrected chi connectivity index (χ1v) is 16.9. The van der Waals surface area contributed by atoms with Crippen LogP contribution in [0.5, 0.6) is 0 Å². The van der Waals surface area contributed by atoms with Crippen molar-refractivity contribution in [1.82, 2.24) is 4.90 Å². The zero-order valence-corrected chi connectivity index (χ0v) is 27.6. The van der Waals surface area contributed by atoms with Crippen LogP contribution in [-0.4, -0.2) is 38.3 Å². The molecule has 2 aromatic carbocycles. The molecule has 4 fully saturated rings. The molecule has 1 N–H and O–H groups in total. The summed E-state index contributed by atoms with van der Waals surface area (Å²) >= 11 is 0. The van der Waals surface area contributed by atoms with Gasteiger partial charge in [0.1, 0.15) is 5.82 Å². The van der Waals surface area contributed by atoms with Gasteiger partial charge in [0.05, 0.1) is 18.0 Å². The fraction of sp³-hybridized carbons (Fsp3) is 0.500. The maximum atomic E-state index is 14.2. The van der Waals surface area contributed by atoms with Crippen molar-refractivity contribution in [2.45, 2.75) is 65.2 Å². The summed E-state index contributed by atoms with van der Waals surface area (Å²) in [4.78, 5) is 5.08. The summed E-state index contributed by atoms with van der Waals surface area (Å²) in [5.74, 6) is 3.48. The van der Waals surface area contributed by atoms with Crippen LogP contribution in [0.1, 0.15) is 68.7 Å². The van der Waals surface area contributed by atoms with Crippen LogP contribution in [0.2, 0.25) is 0 Å². The molecule has 234 valence electrons. The number of likely N-dealkylation sites (tertiary alicyclic amines) is 1. The van der Waals surface area contributed by atoms with Gasteiger partial charge >= 0.3 is 0 Å². The Morgan fingerprint density at radius 3 is 2.52 bits per heavy atom. The van der Waals surface area contributed by atoms with Gasteiger partial charge in [0.25, 0.3) is 0 Å². The molecule has 0 spiro atoms.